The molecule has 0 aliphatic rings. The molecule has 8 heteroatoms. The summed E-state index contributed by atoms with van der Waals surface area (Å²) in [4.78, 5) is 26.9. The molecule has 0 radical (unpaired) electrons. The first kappa shape index (κ1) is 24.3. The Kier molecular flexibility index (Phi) is 8.43. The molecule has 3 aromatic rings. The van der Waals surface area contributed by atoms with Crippen molar-refractivity contribution in [3.8, 4) is 11.4 Å². The third-order valence-corrected chi connectivity index (χ3v) is 6.19. The molecule has 172 valence electrons. The number of hydrogen-bond donors (Lipinski definition) is 1. The number of hydrogen-bond acceptors (Lipinski definition) is 5. The SMILES string of the molecule is C=CCn1c(SC(C)C(=O)N(C)CC(=O)Nc2ccccc2CC)nnc1-c1ccccc1. The Hall–Kier alpha value is -3.39. The molecule has 2 amide bonds. The number of amides is 2. The maximum atomic E-state index is 13.0. The highest BCUT2D eigenvalue weighted by Crippen LogP contribution is 2.27. The van der Waals surface area contributed by atoms with Crippen LogP contribution in [0, 0.1) is 0 Å². The standard InChI is InChI=1S/C25H29N5O2S/c1-5-16-30-23(20-13-8-7-9-14-20)27-28-25(30)33-18(3)24(32)29(4)17-22(31)26-21-15-11-10-12-19(21)6-2/h5,7-15,18H,1,6,16-17H2,2-4H3,(H,26,31). The molecule has 0 bridgehead atoms. The van der Waals surface area contributed by atoms with Crippen LogP contribution in [0.4, 0.5) is 5.69 Å². The summed E-state index contributed by atoms with van der Waals surface area (Å²) in [6, 6.07) is 17.4. The van der Waals surface area contributed by atoms with Crippen molar-refractivity contribution >= 4 is 29.3 Å². The molecular formula is C25H29N5O2S. The number of nitrogens with zero attached hydrogens (tertiary/aromatic N) is 4. The van der Waals surface area contributed by atoms with Gasteiger partial charge in [0.1, 0.15) is 0 Å². The molecule has 0 saturated heterocycles. The van der Waals surface area contributed by atoms with E-state index in [1.54, 1.807) is 13.1 Å². The number of carbonyl (C=O) groups is 2. The highest BCUT2D eigenvalue weighted by atomic mass is 32.2. The number of likely N-dealkylation sites (N-methyl/N-ethyl adjacent to an activating group) is 1. The lowest BCUT2D eigenvalue weighted by molar-refractivity contribution is -0.132. The summed E-state index contributed by atoms with van der Waals surface area (Å²) in [5.41, 5.74) is 2.78. The van der Waals surface area contributed by atoms with Crippen LogP contribution in [0.5, 0.6) is 0 Å². The Morgan fingerprint density at radius 2 is 1.85 bits per heavy atom. The van der Waals surface area contributed by atoms with Crippen LogP contribution < -0.4 is 5.32 Å². The van der Waals surface area contributed by atoms with E-state index < -0.39 is 5.25 Å². The number of rotatable bonds is 10. The Balaban J connectivity index is 1.65. The molecule has 0 aliphatic carbocycles. The van der Waals surface area contributed by atoms with Gasteiger partial charge >= 0.3 is 0 Å². The van der Waals surface area contributed by atoms with Gasteiger partial charge in [-0.2, -0.15) is 0 Å². The lowest BCUT2D eigenvalue weighted by atomic mass is 10.1. The molecule has 3 rings (SSSR count). The number of nitrogens with one attached hydrogen (secondary N) is 1. The number of aryl methyl sites for hydroxylation is 1. The fraction of sp³-hybridized carbons (Fsp3) is 0.280. The first-order valence-electron chi connectivity index (χ1n) is 10.8. The zero-order valence-corrected chi connectivity index (χ0v) is 20.0. The van der Waals surface area contributed by atoms with E-state index in [2.05, 4.69) is 22.1 Å². The lowest BCUT2D eigenvalue weighted by Gasteiger charge is -2.21. The number of thioether (sulfide) groups is 1. The van der Waals surface area contributed by atoms with Crippen LogP contribution in [0.3, 0.4) is 0 Å². The van der Waals surface area contributed by atoms with Gasteiger partial charge < -0.3 is 10.2 Å². The minimum atomic E-state index is -0.442. The monoisotopic (exact) mass is 463 g/mol. The minimum Gasteiger partial charge on any atom is -0.335 e. The lowest BCUT2D eigenvalue weighted by Crippen LogP contribution is -2.39. The Morgan fingerprint density at radius 1 is 1.15 bits per heavy atom. The third-order valence-electron chi connectivity index (χ3n) is 5.12. The second-order valence-corrected chi connectivity index (χ2v) is 8.89. The Labute approximate surface area is 198 Å². The molecule has 0 saturated carbocycles. The van der Waals surface area contributed by atoms with E-state index >= 15 is 0 Å². The molecule has 7 nitrogen and oxygen atoms in total. The van der Waals surface area contributed by atoms with Gasteiger partial charge in [0, 0.05) is 24.8 Å². The van der Waals surface area contributed by atoms with Crippen molar-refractivity contribution in [1.29, 1.82) is 0 Å². The quantitative estimate of drug-likeness (QED) is 0.359. The molecule has 1 unspecified atom stereocenters. The van der Waals surface area contributed by atoms with Crippen LogP contribution in [-0.2, 0) is 22.6 Å². The molecule has 33 heavy (non-hydrogen) atoms. The predicted octanol–water partition coefficient (Wildman–Crippen LogP) is 4.27. The van der Waals surface area contributed by atoms with Crippen LogP contribution >= 0.6 is 11.8 Å². The maximum absolute atomic E-state index is 13.0. The van der Waals surface area contributed by atoms with E-state index in [0.29, 0.717) is 11.7 Å². The zero-order valence-electron chi connectivity index (χ0n) is 19.2. The zero-order chi connectivity index (χ0) is 23.8. The maximum Gasteiger partial charge on any atom is 0.243 e. The number of aromatic nitrogens is 3. The molecule has 1 heterocycles. The molecule has 0 aliphatic heterocycles. The average Bonchev–Trinajstić information content (AvgIpc) is 3.21. The molecule has 1 N–H and O–H groups in total. The smallest absolute Gasteiger partial charge is 0.243 e. The normalized spacial score (nSPS) is 11.6. The Bertz CT molecular complexity index is 1110. The van der Waals surface area contributed by atoms with Crippen molar-refractivity contribution in [2.45, 2.75) is 37.2 Å². The van der Waals surface area contributed by atoms with Crippen LogP contribution in [0.2, 0.25) is 0 Å². The second-order valence-electron chi connectivity index (χ2n) is 7.58. The summed E-state index contributed by atoms with van der Waals surface area (Å²) < 4.78 is 1.94. The number of benzene rings is 2. The first-order valence-corrected chi connectivity index (χ1v) is 11.7. The van der Waals surface area contributed by atoms with Crippen LogP contribution in [0.15, 0.2) is 72.4 Å². The highest BCUT2D eigenvalue weighted by Gasteiger charge is 2.24. The summed E-state index contributed by atoms with van der Waals surface area (Å²) in [5.74, 6) is 0.332. The first-order chi connectivity index (χ1) is 15.9. The van der Waals surface area contributed by atoms with E-state index in [0.717, 1.165) is 29.1 Å². The molecule has 2 aromatic carbocycles. The summed E-state index contributed by atoms with van der Waals surface area (Å²) in [7, 11) is 1.63. The van der Waals surface area contributed by atoms with Crippen molar-refractivity contribution in [3.05, 3.63) is 72.8 Å². The van der Waals surface area contributed by atoms with E-state index in [1.807, 2.05) is 73.0 Å². The van der Waals surface area contributed by atoms with E-state index in [4.69, 9.17) is 0 Å². The highest BCUT2D eigenvalue weighted by molar-refractivity contribution is 8.00. The number of carbonyl (C=O) groups excluding carboxylic acids is 2. The fourth-order valence-corrected chi connectivity index (χ4v) is 4.40. The summed E-state index contributed by atoms with van der Waals surface area (Å²) in [5, 5.41) is 11.7. The van der Waals surface area contributed by atoms with Gasteiger partial charge in [0.2, 0.25) is 11.8 Å². The number of allylic oxidation sites excluding steroid dienone is 1. The van der Waals surface area contributed by atoms with Crippen LogP contribution in [-0.4, -0.2) is 50.3 Å². The summed E-state index contributed by atoms with van der Waals surface area (Å²) >= 11 is 1.32. The molecule has 0 fully saturated rings. The van der Waals surface area contributed by atoms with Gasteiger partial charge in [0.25, 0.3) is 0 Å². The average molecular weight is 464 g/mol. The third kappa shape index (κ3) is 6.10. The molecule has 1 atom stereocenters. The minimum absolute atomic E-state index is 0.0314. The van der Waals surface area contributed by atoms with Crippen molar-refractivity contribution in [3.63, 3.8) is 0 Å². The molecule has 1 aromatic heterocycles. The van der Waals surface area contributed by atoms with Gasteiger partial charge in [0.05, 0.1) is 11.8 Å². The van der Waals surface area contributed by atoms with Crippen molar-refractivity contribution in [2.75, 3.05) is 18.9 Å². The van der Waals surface area contributed by atoms with Gasteiger partial charge in [-0.25, -0.2) is 0 Å². The number of para-hydroxylation sites is 1. The van der Waals surface area contributed by atoms with E-state index in [1.165, 1.54) is 16.7 Å². The van der Waals surface area contributed by atoms with Gasteiger partial charge in [-0.1, -0.05) is 73.3 Å². The molecular weight excluding hydrogens is 434 g/mol. The van der Waals surface area contributed by atoms with Crippen molar-refractivity contribution in [1.82, 2.24) is 19.7 Å². The summed E-state index contributed by atoms with van der Waals surface area (Å²) in [6.07, 6.45) is 2.59. The van der Waals surface area contributed by atoms with Gasteiger partial charge in [-0.15, -0.1) is 16.8 Å². The Morgan fingerprint density at radius 3 is 2.55 bits per heavy atom. The molecule has 0 spiro atoms. The largest absolute Gasteiger partial charge is 0.335 e. The van der Waals surface area contributed by atoms with E-state index in [9.17, 15) is 9.59 Å². The fourth-order valence-electron chi connectivity index (χ4n) is 3.42. The summed E-state index contributed by atoms with van der Waals surface area (Å²) in [6.45, 7) is 8.16. The van der Waals surface area contributed by atoms with Crippen LogP contribution in [0.1, 0.15) is 19.4 Å². The van der Waals surface area contributed by atoms with Crippen molar-refractivity contribution in [2.24, 2.45) is 0 Å². The van der Waals surface area contributed by atoms with Gasteiger partial charge in [0.15, 0.2) is 11.0 Å². The second kappa shape index (κ2) is 11.5. The van der Waals surface area contributed by atoms with Gasteiger partial charge in [-0.05, 0) is 25.0 Å². The van der Waals surface area contributed by atoms with Gasteiger partial charge in [-0.3, -0.25) is 14.2 Å². The predicted molar refractivity (Wildman–Crippen MR) is 133 cm³/mol. The van der Waals surface area contributed by atoms with Crippen molar-refractivity contribution < 1.29 is 9.59 Å². The topological polar surface area (TPSA) is 80.1 Å². The van der Waals surface area contributed by atoms with E-state index in [-0.39, 0.29) is 18.4 Å². The number of anilines is 1. The van der Waals surface area contributed by atoms with Crippen LogP contribution in [0.25, 0.3) is 11.4 Å².